The predicted molar refractivity (Wildman–Crippen MR) is 101 cm³/mol. The smallest absolute Gasteiger partial charge is 0.251 e. The molecule has 0 heterocycles. The Balaban J connectivity index is 0.00000225. The minimum absolute atomic E-state index is 0. The van der Waals surface area contributed by atoms with E-state index in [1.54, 1.807) is 24.3 Å². The average molecular weight is 360 g/mol. The molecule has 0 spiro atoms. The molecule has 0 saturated heterocycles. The van der Waals surface area contributed by atoms with Gasteiger partial charge in [-0.25, -0.2) is 0 Å². The Morgan fingerprint density at radius 2 is 1.80 bits per heavy atom. The summed E-state index contributed by atoms with van der Waals surface area (Å²) in [6, 6.07) is 16.3. The van der Waals surface area contributed by atoms with E-state index in [1.165, 1.54) is 0 Å². The van der Waals surface area contributed by atoms with Crippen molar-refractivity contribution in [2.45, 2.75) is 18.9 Å². The quantitative estimate of drug-likeness (QED) is 0.741. The number of nitrogens with two attached hydrogens (primary N) is 1. The van der Waals surface area contributed by atoms with Gasteiger partial charge in [0.2, 0.25) is 5.91 Å². The fourth-order valence-corrected chi connectivity index (χ4v) is 2.45. The third-order valence-corrected chi connectivity index (χ3v) is 4.05. The van der Waals surface area contributed by atoms with E-state index in [1.807, 2.05) is 30.3 Å². The minimum atomic E-state index is -0.257. The summed E-state index contributed by atoms with van der Waals surface area (Å²) in [5.74, 6) is -0.0473. The third-order valence-electron chi connectivity index (χ3n) is 4.05. The van der Waals surface area contributed by atoms with Crippen molar-refractivity contribution < 1.29 is 9.59 Å². The van der Waals surface area contributed by atoms with Crippen LogP contribution in [-0.4, -0.2) is 18.4 Å². The van der Waals surface area contributed by atoms with Gasteiger partial charge in [-0.15, -0.1) is 12.4 Å². The van der Waals surface area contributed by atoms with Crippen LogP contribution in [0, 0.1) is 5.92 Å². The number of amides is 2. The lowest BCUT2D eigenvalue weighted by atomic mass is 10.1. The Kier molecular flexibility index (Phi) is 6.56. The van der Waals surface area contributed by atoms with E-state index in [9.17, 15) is 9.59 Å². The van der Waals surface area contributed by atoms with Crippen LogP contribution in [0.15, 0.2) is 54.6 Å². The monoisotopic (exact) mass is 359 g/mol. The number of rotatable bonds is 6. The molecule has 2 aromatic rings. The maximum Gasteiger partial charge on any atom is 0.251 e. The van der Waals surface area contributed by atoms with Gasteiger partial charge in [-0.1, -0.05) is 36.4 Å². The molecule has 0 aromatic heterocycles. The van der Waals surface area contributed by atoms with E-state index in [4.69, 9.17) is 5.73 Å². The molecule has 0 radical (unpaired) electrons. The van der Waals surface area contributed by atoms with Crippen LogP contribution in [0.3, 0.4) is 0 Å². The van der Waals surface area contributed by atoms with Gasteiger partial charge in [-0.05, 0) is 36.6 Å². The molecule has 1 saturated carbocycles. The lowest BCUT2D eigenvalue weighted by Crippen LogP contribution is -2.31. The van der Waals surface area contributed by atoms with E-state index in [-0.39, 0.29) is 36.2 Å². The molecule has 25 heavy (non-hydrogen) atoms. The van der Waals surface area contributed by atoms with Gasteiger partial charge in [0.15, 0.2) is 0 Å². The molecule has 2 aromatic carbocycles. The van der Waals surface area contributed by atoms with Crippen LogP contribution in [0.1, 0.15) is 34.8 Å². The molecule has 2 amide bonds. The molecule has 132 valence electrons. The number of anilines is 1. The summed E-state index contributed by atoms with van der Waals surface area (Å²) < 4.78 is 0. The minimum Gasteiger partial charge on any atom is -0.350 e. The number of carbonyl (C=O) groups excluding carboxylic acids is 2. The van der Waals surface area contributed by atoms with Crippen molar-refractivity contribution >= 4 is 29.9 Å². The van der Waals surface area contributed by atoms with Crippen LogP contribution in [-0.2, 0) is 4.79 Å². The molecule has 1 fully saturated rings. The number of halogens is 1. The van der Waals surface area contributed by atoms with Crippen molar-refractivity contribution in [2.75, 3.05) is 11.9 Å². The maximum absolute atomic E-state index is 12.3. The molecular formula is C19H22ClN3O2. The van der Waals surface area contributed by atoms with E-state index in [0.717, 1.165) is 18.4 Å². The summed E-state index contributed by atoms with van der Waals surface area (Å²) in [6.45, 7) is 0.349. The van der Waals surface area contributed by atoms with Gasteiger partial charge >= 0.3 is 0 Å². The van der Waals surface area contributed by atoms with Gasteiger partial charge < -0.3 is 16.4 Å². The zero-order valence-corrected chi connectivity index (χ0v) is 14.6. The van der Waals surface area contributed by atoms with Gasteiger partial charge in [-0.2, -0.15) is 0 Å². The van der Waals surface area contributed by atoms with Crippen molar-refractivity contribution in [1.82, 2.24) is 5.32 Å². The maximum atomic E-state index is 12.3. The number of hydrogen-bond donors (Lipinski definition) is 3. The lowest BCUT2D eigenvalue weighted by Gasteiger charge is -2.13. The standard InChI is InChI=1S/C19H21N3O2.ClH/c20-17(13-5-2-1-3-6-13)12-21-18(23)15-7-4-8-16(11-15)22-19(24)14-9-10-14;/h1-8,11,14,17H,9-10,12,20H2,(H,21,23)(H,22,24);1H. The normalized spacial score (nSPS) is 14.1. The SMILES string of the molecule is Cl.NC(CNC(=O)c1cccc(NC(=O)C2CC2)c1)c1ccccc1. The second-order valence-electron chi connectivity index (χ2n) is 6.07. The van der Waals surface area contributed by atoms with E-state index < -0.39 is 0 Å². The van der Waals surface area contributed by atoms with Crippen LogP contribution in [0.4, 0.5) is 5.69 Å². The predicted octanol–water partition coefficient (Wildman–Crippen LogP) is 2.89. The highest BCUT2D eigenvalue weighted by atomic mass is 35.5. The summed E-state index contributed by atoms with van der Waals surface area (Å²) in [4.78, 5) is 24.1. The van der Waals surface area contributed by atoms with Crippen molar-refractivity contribution in [2.24, 2.45) is 11.7 Å². The lowest BCUT2D eigenvalue weighted by molar-refractivity contribution is -0.117. The highest BCUT2D eigenvalue weighted by Crippen LogP contribution is 2.30. The topological polar surface area (TPSA) is 84.2 Å². The van der Waals surface area contributed by atoms with Crippen LogP contribution in [0.5, 0.6) is 0 Å². The second kappa shape index (κ2) is 8.65. The van der Waals surface area contributed by atoms with Gasteiger partial charge in [0, 0.05) is 29.8 Å². The molecule has 5 nitrogen and oxygen atoms in total. The van der Waals surface area contributed by atoms with Gasteiger partial charge in [0.25, 0.3) is 5.91 Å². The summed E-state index contributed by atoms with van der Waals surface area (Å²) in [5.41, 5.74) is 8.21. The summed E-state index contributed by atoms with van der Waals surface area (Å²) in [5, 5.41) is 5.68. The first-order valence-electron chi connectivity index (χ1n) is 8.13. The first kappa shape index (κ1) is 19.0. The van der Waals surface area contributed by atoms with Crippen LogP contribution < -0.4 is 16.4 Å². The van der Waals surface area contributed by atoms with Crippen LogP contribution >= 0.6 is 12.4 Å². The van der Waals surface area contributed by atoms with Gasteiger partial charge in [0.1, 0.15) is 0 Å². The number of hydrogen-bond acceptors (Lipinski definition) is 3. The van der Waals surface area contributed by atoms with Crippen molar-refractivity contribution in [1.29, 1.82) is 0 Å². The van der Waals surface area contributed by atoms with E-state index in [0.29, 0.717) is 17.8 Å². The fraction of sp³-hybridized carbons (Fsp3) is 0.263. The average Bonchev–Trinajstić information content (AvgIpc) is 3.45. The highest BCUT2D eigenvalue weighted by molar-refractivity contribution is 5.98. The Bertz CT molecular complexity index is 732. The molecule has 1 aliphatic rings. The molecule has 1 unspecified atom stereocenters. The molecule has 0 aliphatic heterocycles. The number of carbonyl (C=O) groups is 2. The Morgan fingerprint density at radius 3 is 2.48 bits per heavy atom. The Labute approximate surface area is 153 Å². The molecule has 3 rings (SSSR count). The molecule has 0 bridgehead atoms. The summed E-state index contributed by atoms with van der Waals surface area (Å²) in [7, 11) is 0. The third kappa shape index (κ3) is 5.31. The van der Waals surface area contributed by atoms with E-state index in [2.05, 4.69) is 10.6 Å². The largest absolute Gasteiger partial charge is 0.350 e. The van der Waals surface area contributed by atoms with Crippen molar-refractivity contribution in [3.63, 3.8) is 0 Å². The second-order valence-corrected chi connectivity index (χ2v) is 6.07. The molecule has 1 atom stereocenters. The Morgan fingerprint density at radius 1 is 1.08 bits per heavy atom. The zero-order chi connectivity index (χ0) is 16.9. The first-order valence-corrected chi connectivity index (χ1v) is 8.13. The van der Waals surface area contributed by atoms with Crippen molar-refractivity contribution in [3.05, 3.63) is 65.7 Å². The Hall–Kier alpha value is -2.37. The van der Waals surface area contributed by atoms with E-state index >= 15 is 0 Å². The molecule has 1 aliphatic carbocycles. The molecular weight excluding hydrogens is 338 g/mol. The highest BCUT2D eigenvalue weighted by Gasteiger charge is 2.29. The van der Waals surface area contributed by atoms with Crippen molar-refractivity contribution in [3.8, 4) is 0 Å². The molecule has 4 N–H and O–H groups in total. The van der Waals surface area contributed by atoms with Gasteiger partial charge in [-0.3, -0.25) is 9.59 Å². The fourth-order valence-electron chi connectivity index (χ4n) is 2.45. The summed E-state index contributed by atoms with van der Waals surface area (Å²) in [6.07, 6.45) is 1.90. The number of benzene rings is 2. The zero-order valence-electron chi connectivity index (χ0n) is 13.8. The molecule has 6 heteroatoms. The summed E-state index contributed by atoms with van der Waals surface area (Å²) >= 11 is 0. The first-order chi connectivity index (χ1) is 11.6. The van der Waals surface area contributed by atoms with Crippen LogP contribution in [0.25, 0.3) is 0 Å². The van der Waals surface area contributed by atoms with Crippen LogP contribution in [0.2, 0.25) is 0 Å². The van der Waals surface area contributed by atoms with Gasteiger partial charge in [0.05, 0.1) is 0 Å². The number of nitrogens with one attached hydrogen (secondary N) is 2.